The molecule has 4 amide bonds. The summed E-state index contributed by atoms with van der Waals surface area (Å²) in [5.41, 5.74) is -0.992. The topological polar surface area (TPSA) is 120 Å². The molecule has 282 valence electrons. The Hall–Kier alpha value is -5.40. The molecule has 8 rings (SSSR count). The average molecular weight is 792 g/mol. The van der Waals surface area contributed by atoms with Crippen molar-refractivity contribution in [1.29, 1.82) is 0 Å². The van der Waals surface area contributed by atoms with Crippen LogP contribution >= 0.6 is 23.2 Å². The van der Waals surface area contributed by atoms with E-state index in [2.05, 4.69) is 4.98 Å². The summed E-state index contributed by atoms with van der Waals surface area (Å²) in [5, 5.41) is 12.9. The highest BCUT2D eigenvalue weighted by atomic mass is 35.5. The van der Waals surface area contributed by atoms with Gasteiger partial charge in [0.05, 0.1) is 41.0 Å². The third kappa shape index (κ3) is 5.42. The number of aromatic hydroxyl groups is 1. The summed E-state index contributed by atoms with van der Waals surface area (Å²) in [4.78, 5) is 63.8. The molecular formula is C40H31Cl2F3N4O6. The van der Waals surface area contributed by atoms with Crippen molar-refractivity contribution in [1.82, 2.24) is 9.99 Å². The lowest BCUT2D eigenvalue weighted by molar-refractivity contribution is -0.141. The van der Waals surface area contributed by atoms with Crippen LogP contribution < -0.4 is 14.6 Å². The lowest BCUT2D eigenvalue weighted by Crippen LogP contribution is -2.53. The van der Waals surface area contributed by atoms with Crippen LogP contribution in [0.2, 0.25) is 10.0 Å². The van der Waals surface area contributed by atoms with Gasteiger partial charge in [-0.2, -0.15) is 18.2 Å². The Morgan fingerprint density at radius 2 is 1.65 bits per heavy atom. The lowest BCUT2D eigenvalue weighted by atomic mass is 9.49. The summed E-state index contributed by atoms with van der Waals surface area (Å²) >= 11 is 12.7. The van der Waals surface area contributed by atoms with Gasteiger partial charge in [-0.05, 0) is 72.4 Å². The minimum absolute atomic E-state index is 0.0265. The van der Waals surface area contributed by atoms with E-state index in [1.54, 1.807) is 60.7 Å². The van der Waals surface area contributed by atoms with Gasteiger partial charge in [0.1, 0.15) is 5.69 Å². The molecule has 10 nitrogen and oxygen atoms in total. The minimum atomic E-state index is -4.82. The van der Waals surface area contributed by atoms with Gasteiger partial charge in [0.2, 0.25) is 11.8 Å². The van der Waals surface area contributed by atoms with Crippen molar-refractivity contribution in [2.75, 3.05) is 24.1 Å². The molecule has 3 heterocycles. The number of aromatic nitrogens is 1. The molecule has 1 saturated carbocycles. The maximum absolute atomic E-state index is 15.3. The fourth-order valence-corrected chi connectivity index (χ4v) is 9.61. The molecular weight excluding hydrogens is 760 g/mol. The molecule has 0 spiro atoms. The SMILES string of the molecule is COc1ccc([C@H]2C3=CC[C@@H]4C(=O)N(N(C)c5nc(C(F)(F)F)ccc5Cl)C(=O)[C@@H]4[C@@H]3C[C@H]3C(=O)N(c4cccc(Cl)c4)C(=O)[C@@]23c2ccccc2)cc1O. The largest absolute Gasteiger partial charge is 0.504 e. The van der Waals surface area contributed by atoms with Crippen molar-refractivity contribution in [3.05, 3.63) is 123 Å². The first-order chi connectivity index (χ1) is 26.2. The Morgan fingerprint density at radius 3 is 2.33 bits per heavy atom. The number of alkyl halides is 3. The molecule has 0 bridgehead atoms. The van der Waals surface area contributed by atoms with Crippen LogP contribution in [0.15, 0.2) is 96.6 Å². The number of amides is 4. The number of carbonyl (C=O) groups excluding carboxylic acids is 4. The number of methoxy groups -OCH3 is 1. The van der Waals surface area contributed by atoms with E-state index in [1.807, 2.05) is 6.08 Å². The zero-order chi connectivity index (χ0) is 39.1. The van der Waals surface area contributed by atoms with Crippen LogP contribution in [0.3, 0.4) is 0 Å². The van der Waals surface area contributed by atoms with Crippen LogP contribution in [0.25, 0.3) is 0 Å². The van der Waals surface area contributed by atoms with Crippen molar-refractivity contribution in [2.24, 2.45) is 23.7 Å². The normalized spacial score (nSPS) is 26.1. The standard InChI is InChI=1S/C40H31Cl2F3N4O6/c1-47(34-28(42)14-16-31(46-34)40(43,44)45)49-35(51)25-13-12-24-26(32(25)37(49)53)19-27-36(52)48(23-10-6-9-22(41)18-23)38(54)39(27,21-7-4-3-5-8-21)33(24)20-11-15-30(55-2)29(50)17-20/h3-12,14-18,25-27,32-33,50H,13,19H2,1-2H3/t25-,26+,27-,32-,33-,39+/m0/s1. The van der Waals surface area contributed by atoms with Gasteiger partial charge in [-0.3, -0.25) is 24.2 Å². The zero-order valence-electron chi connectivity index (χ0n) is 29.1. The van der Waals surface area contributed by atoms with Crippen LogP contribution in [0.5, 0.6) is 11.5 Å². The van der Waals surface area contributed by atoms with Gasteiger partial charge in [0.25, 0.3) is 11.8 Å². The van der Waals surface area contributed by atoms with Crippen molar-refractivity contribution in [2.45, 2.75) is 30.4 Å². The summed E-state index contributed by atoms with van der Waals surface area (Å²) in [6, 6.07) is 21.7. The molecule has 0 radical (unpaired) electrons. The van der Waals surface area contributed by atoms with Gasteiger partial charge < -0.3 is 9.84 Å². The molecule has 4 aliphatic rings. The Balaban J connectivity index is 1.30. The van der Waals surface area contributed by atoms with E-state index in [0.29, 0.717) is 27.8 Å². The highest BCUT2D eigenvalue weighted by Gasteiger charge is 2.70. The molecule has 2 aliphatic carbocycles. The van der Waals surface area contributed by atoms with Crippen LogP contribution in [0.4, 0.5) is 24.7 Å². The van der Waals surface area contributed by atoms with Gasteiger partial charge in [-0.25, -0.2) is 9.88 Å². The smallest absolute Gasteiger partial charge is 0.433 e. The highest BCUT2D eigenvalue weighted by molar-refractivity contribution is 6.33. The number of carbonyl (C=O) groups is 4. The fraction of sp³-hybridized carbons (Fsp3) is 0.275. The average Bonchev–Trinajstić information content (AvgIpc) is 3.55. The molecule has 3 fully saturated rings. The van der Waals surface area contributed by atoms with E-state index in [1.165, 1.54) is 26.3 Å². The lowest BCUT2D eigenvalue weighted by Gasteiger charge is -2.50. The van der Waals surface area contributed by atoms with E-state index in [0.717, 1.165) is 21.0 Å². The fourth-order valence-electron chi connectivity index (χ4n) is 9.20. The second-order valence-corrected chi connectivity index (χ2v) is 14.9. The number of imide groups is 2. The minimum Gasteiger partial charge on any atom is -0.504 e. The number of hydrogen-bond acceptors (Lipinski definition) is 8. The molecule has 15 heteroatoms. The maximum Gasteiger partial charge on any atom is 0.433 e. The number of allylic oxidation sites excluding steroid dienone is 2. The summed E-state index contributed by atoms with van der Waals surface area (Å²) < 4.78 is 46.4. The Bertz CT molecular complexity index is 2320. The number of benzene rings is 3. The summed E-state index contributed by atoms with van der Waals surface area (Å²) in [7, 11) is 2.63. The molecule has 3 aromatic carbocycles. The van der Waals surface area contributed by atoms with Crippen molar-refractivity contribution >= 4 is 58.3 Å². The predicted molar refractivity (Wildman–Crippen MR) is 195 cm³/mol. The number of fused-ring (bicyclic) bond motifs is 4. The Labute approximate surface area is 322 Å². The Kier molecular flexibility index (Phi) is 8.73. The second-order valence-electron chi connectivity index (χ2n) is 14.0. The summed E-state index contributed by atoms with van der Waals surface area (Å²) in [6.07, 6.45) is -2.98. The van der Waals surface area contributed by atoms with E-state index in [9.17, 15) is 32.7 Å². The first kappa shape index (κ1) is 36.6. The zero-order valence-corrected chi connectivity index (χ0v) is 30.6. The third-order valence-electron chi connectivity index (χ3n) is 11.4. The molecule has 2 saturated heterocycles. The first-order valence-corrected chi connectivity index (χ1v) is 18.1. The monoisotopic (exact) mass is 790 g/mol. The van der Waals surface area contributed by atoms with Gasteiger partial charge in [0.15, 0.2) is 17.3 Å². The van der Waals surface area contributed by atoms with Crippen molar-refractivity contribution in [3.63, 3.8) is 0 Å². The number of phenolic OH excluding ortho intramolecular Hbond substituents is 1. The summed E-state index contributed by atoms with van der Waals surface area (Å²) in [6.45, 7) is 0. The molecule has 6 atom stereocenters. The number of rotatable bonds is 6. The van der Waals surface area contributed by atoms with Gasteiger partial charge in [-0.1, -0.05) is 77.3 Å². The third-order valence-corrected chi connectivity index (χ3v) is 11.9. The van der Waals surface area contributed by atoms with E-state index < -0.39 is 76.3 Å². The number of hydrogen-bond donors (Lipinski definition) is 1. The maximum atomic E-state index is 15.3. The number of nitrogens with zero attached hydrogens (tertiary/aromatic N) is 4. The molecule has 2 aliphatic heterocycles. The van der Waals surface area contributed by atoms with Crippen LogP contribution in [0.1, 0.15) is 35.6 Å². The Morgan fingerprint density at radius 1 is 0.909 bits per heavy atom. The highest BCUT2D eigenvalue weighted by Crippen LogP contribution is 2.65. The van der Waals surface area contributed by atoms with Crippen molar-refractivity contribution in [3.8, 4) is 11.5 Å². The first-order valence-electron chi connectivity index (χ1n) is 17.3. The van der Waals surface area contributed by atoms with Crippen LogP contribution in [-0.2, 0) is 30.8 Å². The number of halogens is 5. The summed E-state index contributed by atoms with van der Waals surface area (Å²) in [5.74, 6) is -7.75. The van der Waals surface area contributed by atoms with Crippen LogP contribution in [-0.4, -0.2) is 52.9 Å². The van der Waals surface area contributed by atoms with Crippen molar-refractivity contribution < 1.29 is 42.2 Å². The van der Waals surface area contributed by atoms with E-state index in [-0.39, 0.29) is 35.1 Å². The quantitative estimate of drug-likeness (QED) is 0.159. The number of hydrazine groups is 1. The number of ether oxygens (including phenoxy) is 1. The molecule has 0 unspecified atom stereocenters. The van der Waals surface area contributed by atoms with E-state index in [4.69, 9.17) is 27.9 Å². The molecule has 1 N–H and O–H groups in total. The van der Waals surface area contributed by atoms with Crippen LogP contribution in [0, 0.1) is 23.7 Å². The van der Waals surface area contributed by atoms with Gasteiger partial charge in [-0.15, -0.1) is 0 Å². The molecule has 55 heavy (non-hydrogen) atoms. The number of phenols is 1. The molecule has 4 aromatic rings. The van der Waals surface area contributed by atoms with Gasteiger partial charge >= 0.3 is 6.18 Å². The number of anilines is 2. The van der Waals surface area contributed by atoms with Gasteiger partial charge in [0, 0.05) is 18.0 Å². The van der Waals surface area contributed by atoms with E-state index >= 15 is 4.79 Å². The molecule has 1 aromatic heterocycles. The predicted octanol–water partition coefficient (Wildman–Crippen LogP) is 7.34. The number of pyridine rings is 1. The second kappa shape index (κ2) is 13.1.